The number of carbonyl (C=O) groups is 4. The van der Waals surface area contributed by atoms with Crippen LogP contribution in [0.25, 0.3) is 0 Å². The summed E-state index contributed by atoms with van der Waals surface area (Å²) in [5, 5.41) is 30.7. The van der Waals surface area contributed by atoms with Crippen molar-refractivity contribution in [2.45, 2.75) is 38.0 Å². The summed E-state index contributed by atoms with van der Waals surface area (Å²) in [4.78, 5) is 58.4. The Kier molecular flexibility index (Phi) is 12.8. The van der Waals surface area contributed by atoms with Gasteiger partial charge in [0.15, 0.2) is 5.82 Å². The molecule has 2 aliphatic rings. The van der Waals surface area contributed by atoms with Gasteiger partial charge in [-0.05, 0) is 60.6 Å². The lowest BCUT2D eigenvalue weighted by Crippen LogP contribution is -2.29. The molecule has 22 heteroatoms. The van der Waals surface area contributed by atoms with Crippen molar-refractivity contribution >= 4 is 64.2 Å². The molecule has 2 aliphatic heterocycles. The standard InChI is InChI=1S/C27H26ClN9O2.2C2HF3O2/c28-22-14-30-27-34-21-7-16(10-29-13-21)1-2-18-9-20(33-25(22)36-27)3-4-23(18)35-24(38)8-17-5-6-37(15-17)26(39)19-11-31-32-12-19;2*3-2(4,5)1(6)7/h3-4,7,9-14,17H,1-2,5-6,8,15H2,(H,31,32)(H,35,38)(H2,30,33,34,36);2*(H,6,7)/t17-;;/m0../s1. The fourth-order valence-electron chi connectivity index (χ4n) is 4.95. The van der Waals surface area contributed by atoms with E-state index in [-0.39, 0.29) is 17.7 Å². The summed E-state index contributed by atoms with van der Waals surface area (Å²) in [6.45, 7) is 1.18. The molecule has 282 valence electrons. The van der Waals surface area contributed by atoms with E-state index < -0.39 is 24.3 Å². The monoisotopic (exact) mass is 771 g/mol. The van der Waals surface area contributed by atoms with Gasteiger partial charge in [-0.3, -0.25) is 19.7 Å². The molecule has 0 spiro atoms. The smallest absolute Gasteiger partial charge is 0.475 e. The summed E-state index contributed by atoms with van der Waals surface area (Å²) >= 11 is 6.36. The Balaban J connectivity index is 0.000000381. The van der Waals surface area contributed by atoms with Crippen molar-refractivity contribution in [1.29, 1.82) is 0 Å². The van der Waals surface area contributed by atoms with Crippen LogP contribution in [-0.4, -0.2) is 89.5 Å². The fourth-order valence-corrected chi connectivity index (χ4v) is 5.09. The minimum Gasteiger partial charge on any atom is -0.475 e. The predicted octanol–water partition coefficient (Wildman–Crippen LogP) is 5.59. The zero-order valence-electron chi connectivity index (χ0n) is 26.9. The van der Waals surface area contributed by atoms with Crippen LogP contribution >= 0.6 is 11.6 Å². The molecule has 1 saturated heterocycles. The molecular formula is C31H28ClF6N9O6. The first-order valence-corrected chi connectivity index (χ1v) is 15.6. The molecule has 5 heterocycles. The Hall–Kier alpha value is -5.99. The van der Waals surface area contributed by atoms with Crippen molar-refractivity contribution < 1.29 is 55.7 Å². The normalized spacial score (nSPS) is 14.9. The summed E-state index contributed by atoms with van der Waals surface area (Å²) in [7, 11) is 0. The maximum atomic E-state index is 13.1. The SMILES string of the molecule is O=C(C[C@@H]1CCN(C(=O)c2cn[nH]c2)C1)Nc1ccc2cc1CCc1cncc(c1)Nc1ncc(Cl)c(n1)N2.O=C(O)C(F)(F)F.O=C(O)C(F)(F)F. The van der Waals surface area contributed by atoms with Crippen molar-refractivity contribution in [2.24, 2.45) is 5.92 Å². The quantitative estimate of drug-likeness (QED) is 0.140. The second-order valence-electron chi connectivity index (χ2n) is 11.3. The Bertz CT molecular complexity index is 1920. The van der Waals surface area contributed by atoms with E-state index >= 15 is 0 Å². The number of H-pyrrole nitrogens is 1. The van der Waals surface area contributed by atoms with Crippen molar-refractivity contribution in [2.75, 3.05) is 29.0 Å². The lowest BCUT2D eigenvalue weighted by molar-refractivity contribution is -0.193. The molecule has 6 N–H and O–H groups in total. The minimum absolute atomic E-state index is 0.0642. The van der Waals surface area contributed by atoms with Crippen LogP contribution in [0.1, 0.15) is 34.3 Å². The molecule has 15 nitrogen and oxygen atoms in total. The summed E-state index contributed by atoms with van der Waals surface area (Å²) in [6.07, 6.45) is 0.560. The van der Waals surface area contributed by atoms with Gasteiger partial charge in [-0.1, -0.05) is 11.6 Å². The van der Waals surface area contributed by atoms with Crippen LogP contribution in [-0.2, 0) is 27.2 Å². The van der Waals surface area contributed by atoms with E-state index in [1.807, 2.05) is 30.5 Å². The number of anilines is 5. The number of fused-ring (bicyclic) bond motifs is 6. The number of aromatic amines is 1. The number of aromatic nitrogens is 5. The minimum atomic E-state index is -5.08. The largest absolute Gasteiger partial charge is 0.490 e. The number of halogens is 7. The molecule has 6 bridgehead atoms. The number of alkyl halides is 6. The molecule has 3 aromatic heterocycles. The summed E-state index contributed by atoms with van der Waals surface area (Å²) in [5.74, 6) is -4.68. The zero-order chi connectivity index (χ0) is 38.9. The van der Waals surface area contributed by atoms with Crippen molar-refractivity contribution in [3.63, 3.8) is 0 Å². The first kappa shape index (κ1) is 39.8. The van der Waals surface area contributed by atoms with Gasteiger partial charge in [0.05, 0.1) is 29.8 Å². The number of nitrogens with zero attached hydrogens (tertiary/aromatic N) is 5. The molecule has 0 saturated carbocycles. The van der Waals surface area contributed by atoms with E-state index in [2.05, 4.69) is 41.1 Å². The third-order valence-corrected chi connectivity index (χ3v) is 7.67. The van der Waals surface area contributed by atoms with Crippen LogP contribution in [0.15, 0.2) is 55.2 Å². The van der Waals surface area contributed by atoms with Gasteiger partial charge in [0.25, 0.3) is 5.91 Å². The number of nitrogens with one attached hydrogen (secondary N) is 4. The number of aryl methyl sites for hydroxylation is 2. The number of aliphatic carboxylic acids is 2. The van der Waals surface area contributed by atoms with Crippen LogP contribution in [0.5, 0.6) is 0 Å². The average molecular weight is 772 g/mol. The highest BCUT2D eigenvalue weighted by atomic mass is 35.5. The number of rotatable bonds is 4. The molecule has 1 fully saturated rings. The molecule has 6 rings (SSSR count). The molecule has 53 heavy (non-hydrogen) atoms. The number of benzene rings is 1. The molecule has 0 radical (unpaired) electrons. The van der Waals surface area contributed by atoms with Crippen LogP contribution in [0.2, 0.25) is 5.02 Å². The summed E-state index contributed by atoms with van der Waals surface area (Å²) in [5.41, 5.74) is 4.86. The topological polar surface area (TPSA) is 215 Å². The fraction of sp³-hybridized carbons (Fsp3) is 0.290. The van der Waals surface area contributed by atoms with E-state index in [1.54, 1.807) is 23.5 Å². The van der Waals surface area contributed by atoms with Gasteiger partial charge in [0.2, 0.25) is 11.9 Å². The molecule has 4 aromatic rings. The van der Waals surface area contributed by atoms with E-state index in [0.29, 0.717) is 48.3 Å². The van der Waals surface area contributed by atoms with Gasteiger partial charge in [0.1, 0.15) is 5.02 Å². The molecule has 1 aromatic carbocycles. The third kappa shape index (κ3) is 11.8. The Labute approximate surface area is 299 Å². The number of carbonyl (C=O) groups excluding carboxylic acids is 2. The van der Waals surface area contributed by atoms with Crippen LogP contribution in [0.4, 0.5) is 55.2 Å². The number of hydrogen-bond donors (Lipinski definition) is 6. The number of carboxylic acid groups (broad SMARTS) is 2. The maximum Gasteiger partial charge on any atom is 0.490 e. The van der Waals surface area contributed by atoms with Crippen LogP contribution in [0, 0.1) is 5.92 Å². The van der Waals surface area contributed by atoms with Gasteiger partial charge >= 0.3 is 24.3 Å². The van der Waals surface area contributed by atoms with E-state index in [9.17, 15) is 35.9 Å². The van der Waals surface area contributed by atoms with Gasteiger partial charge < -0.3 is 31.1 Å². The van der Waals surface area contributed by atoms with Crippen molar-refractivity contribution in [3.05, 3.63) is 77.0 Å². The summed E-state index contributed by atoms with van der Waals surface area (Å²) in [6, 6.07) is 7.78. The molecule has 1 atom stereocenters. The highest BCUT2D eigenvalue weighted by molar-refractivity contribution is 6.32. The Morgan fingerprint density at radius 2 is 1.62 bits per heavy atom. The molecule has 0 unspecified atom stereocenters. The molecular weight excluding hydrogens is 744 g/mol. The second kappa shape index (κ2) is 17.0. The predicted molar refractivity (Wildman–Crippen MR) is 175 cm³/mol. The number of pyridine rings is 1. The maximum absolute atomic E-state index is 13.1. The van der Waals surface area contributed by atoms with E-state index in [0.717, 1.165) is 41.0 Å². The van der Waals surface area contributed by atoms with Gasteiger partial charge in [-0.15, -0.1) is 0 Å². The van der Waals surface area contributed by atoms with E-state index in [4.69, 9.17) is 31.4 Å². The highest BCUT2D eigenvalue weighted by Crippen LogP contribution is 2.30. The average Bonchev–Trinajstić information content (AvgIpc) is 3.79. The zero-order valence-corrected chi connectivity index (χ0v) is 27.7. The van der Waals surface area contributed by atoms with Crippen LogP contribution < -0.4 is 16.0 Å². The molecule has 2 amide bonds. The van der Waals surface area contributed by atoms with Gasteiger partial charge in [-0.2, -0.15) is 36.4 Å². The highest BCUT2D eigenvalue weighted by Gasteiger charge is 2.39. The van der Waals surface area contributed by atoms with Crippen LogP contribution in [0.3, 0.4) is 0 Å². The number of carboxylic acids is 2. The van der Waals surface area contributed by atoms with Gasteiger partial charge in [-0.25, -0.2) is 14.6 Å². The summed E-state index contributed by atoms with van der Waals surface area (Å²) < 4.78 is 63.5. The lowest BCUT2D eigenvalue weighted by atomic mass is 10.0. The number of likely N-dealkylation sites (tertiary alicyclic amines) is 1. The second-order valence-corrected chi connectivity index (χ2v) is 11.8. The third-order valence-electron chi connectivity index (χ3n) is 7.40. The van der Waals surface area contributed by atoms with Gasteiger partial charge in [0, 0.05) is 43.3 Å². The Morgan fingerprint density at radius 1 is 0.925 bits per heavy atom. The van der Waals surface area contributed by atoms with Crippen molar-refractivity contribution in [1.82, 2.24) is 30.0 Å². The number of amides is 2. The van der Waals surface area contributed by atoms with Crippen molar-refractivity contribution in [3.8, 4) is 0 Å². The first-order valence-electron chi connectivity index (χ1n) is 15.2. The molecule has 0 aliphatic carbocycles. The number of hydrogen-bond acceptors (Lipinski definition) is 10. The Morgan fingerprint density at radius 3 is 2.26 bits per heavy atom. The lowest BCUT2D eigenvalue weighted by Gasteiger charge is -2.17. The first-order chi connectivity index (χ1) is 24.9. The van der Waals surface area contributed by atoms with E-state index in [1.165, 1.54) is 6.20 Å².